The van der Waals surface area contributed by atoms with Gasteiger partial charge in [-0.25, -0.2) is 0 Å². The molecule has 27 heavy (non-hydrogen) atoms. The number of furan rings is 2. The largest absolute Gasteiger partial charge is 0.468 e. The van der Waals surface area contributed by atoms with Crippen LogP contribution in [0.25, 0.3) is 0 Å². The van der Waals surface area contributed by atoms with E-state index in [1.165, 1.54) is 12.1 Å². The van der Waals surface area contributed by atoms with E-state index in [2.05, 4.69) is 10.1 Å². The number of halogens is 2. The molecule has 0 radical (unpaired) electrons. The average molecular weight is 376 g/mol. The number of benzene rings is 1. The molecule has 0 unspecified atom stereocenters. The van der Waals surface area contributed by atoms with E-state index in [1.807, 2.05) is 4.90 Å². The van der Waals surface area contributed by atoms with Gasteiger partial charge in [0.2, 0.25) is 5.91 Å². The van der Waals surface area contributed by atoms with E-state index >= 15 is 0 Å². The molecule has 6 nitrogen and oxygen atoms in total. The maximum absolute atomic E-state index is 12.5. The second-order valence-corrected chi connectivity index (χ2v) is 5.73. The van der Waals surface area contributed by atoms with Crippen molar-refractivity contribution in [2.45, 2.75) is 19.7 Å². The summed E-state index contributed by atoms with van der Waals surface area (Å²) in [5.41, 5.74) is 0.179. The summed E-state index contributed by atoms with van der Waals surface area (Å²) in [6, 6.07) is 13.2. The van der Waals surface area contributed by atoms with Crippen molar-refractivity contribution in [1.29, 1.82) is 0 Å². The van der Waals surface area contributed by atoms with Gasteiger partial charge in [0.15, 0.2) is 0 Å². The van der Waals surface area contributed by atoms with Crippen LogP contribution in [0.4, 0.5) is 14.5 Å². The van der Waals surface area contributed by atoms with Crippen molar-refractivity contribution in [3.8, 4) is 5.75 Å². The Kier molecular flexibility index (Phi) is 6.22. The Morgan fingerprint density at radius 3 is 2.19 bits per heavy atom. The van der Waals surface area contributed by atoms with Crippen LogP contribution in [0, 0.1) is 0 Å². The van der Waals surface area contributed by atoms with Crippen molar-refractivity contribution in [2.75, 3.05) is 11.9 Å². The summed E-state index contributed by atoms with van der Waals surface area (Å²) in [4.78, 5) is 14.3. The first-order valence-corrected chi connectivity index (χ1v) is 8.21. The molecule has 1 amide bonds. The molecule has 1 N–H and O–H groups in total. The van der Waals surface area contributed by atoms with Gasteiger partial charge in [-0.3, -0.25) is 9.69 Å². The molecule has 8 heteroatoms. The summed E-state index contributed by atoms with van der Waals surface area (Å²) in [5.74, 6) is 0.912. The zero-order valence-corrected chi connectivity index (χ0v) is 14.3. The third-order valence-corrected chi connectivity index (χ3v) is 3.66. The third-order valence-electron chi connectivity index (χ3n) is 3.66. The van der Waals surface area contributed by atoms with Gasteiger partial charge < -0.3 is 18.9 Å². The van der Waals surface area contributed by atoms with Crippen molar-refractivity contribution < 1.29 is 27.1 Å². The minimum atomic E-state index is -2.97. The summed E-state index contributed by atoms with van der Waals surface area (Å²) in [7, 11) is 0. The van der Waals surface area contributed by atoms with E-state index in [4.69, 9.17) is 8.83 Å². The minimum absolute atomic E-state index is 0.00438. The lowest BCUT2D eigenvalue weighted by Gasteiger charge is -2.20. The minimum Gasteiger partial charge on any atom is -0.468 e. The molecular formula is C19H18F2N2O4. The summed E-state index contributed by atoms with van der Waals surface area (Å²) in [5, 5.41) is 2.61. The van der Waals surface area contributed by atoms with Crippen LogP contribution in [-0.4, -0.2) is 24.0 Å². The Morgan fingerprint density at radius 1 is 1.00 bits per heavy atom. The molecule has 3 aromatic rings. The van der Waals surface area contributed by atoms with Gasteiger partial charge in [-0.2, -0.15) is 8.78 Å². The Labute approximate surface area is 154 Å². The second kappa shape index (κ2) is 9.00. The fourth-order valence-corrected chi connectivity index (χ4v) is 2.58. The molecular weight excluding hydrogens is 358 g/mol. The number of rotatable bonds is 9. The fourth-order valence-electron chi connectivity index (χ4n) is 2.58. The zero-order valence-electron chi connectivity index (χ0n) is 14.3. The van der Waals surface area contributed by atoms with Crippen LogP contribution >= 0.6 is 0 Å². The van der Waals surface area contributed by atoms with Gasteiger partial charge >= 0.3 is 6.61 Å². The van der Waals surface area contributed by atoms with Crippen molar-refractivity contribution in [3.05, 3.63) is 72.6 Å². The van der Waals surface area contributed by atoms with E-state index in [9.17, 15) is 13.6 Å². The van der Waals surface area contributed by atoms with Gasteiger partial charge in [0, 0.05) is 0 Å². The highest BCUT2D eigenvalue weighted by atomic mass is 19.3. The second-order valence-electron chi connectivity index (χ2n) is 5.73. The maximum Gasteiger partial charge on any atom is 0.387 e. The van der Waals surface area contributed by atoms with Crippen molar-refractivity contribution >= 4 is 11.6 Å². The molecule has 0 saturated carbocycles. The van der Waals surface area contributed by atoms with Crippen molar-refractivity contribution in [3.63, 3.8) is 0 Å². The average Bonchev–Trinajstić information content (AvgIpc) is 3.30. The number of ether oxygens (including phenoxy) is 1. The van der Waals surface area contributed by atoms with Crippen LogP contribution in [0.3, 0.4) is 0 Å². The molecule has 0 saturated heterocycles. The zero-order chi connectivity index (χ0) is 19.1. The number of para-hydroxylation sites is 2. The van der Waals surface area contributed by atoms with Crippen LogP contribution in [0.1, 0.15) is 11.5 Å². The molecule has 3 rings (SSSR count). The normalized spacial score (nSPS) is 11.1. The number of carbonyl (C=O) groups is 1. The SMILES string of the molecule is O=C(CN(Cc1ccco1)Cc1ccco1)Nc1ccccc1OC(F)F. The number of anilines is 1. The predicted octanol–water partition coefficient (Wildman–Crippen LogP) is 4.11. The highest BCUT2D eigenvalue weighted by Crippen LogP contribution is 2.25. The summed E-state index contributed by atoms with van der Waals surface area (Å²) in [6.07, 6.45) is 3.11. The van der Waals surface area contributed by atoms with Crippen molar-refractivity contribution in [2.24, 2.45) is 0 Å². The Balaban J connectivity index is 1.67. The molecule has 2 heterocycles. The van der Waals surface area contributed by atoms with E-state index in [-0.39, 0.29) is 23.9 Å². The monoisotopic (exact) mass is 376 g/mol. The molecule has 0 fully saturated rings. The van der Waals surface area contributed by atoms with E-state index in [0.717, 1.165) is 0 Å². The Bertz CT molecular complexity index is 799. The number of hydrogen-bond donors (Lipinski definition) is 1. The topological polar surface area (TPSA) is 67.9 Å². The first-order chi connectivity index (χ1) is 13.1. The molecule has 0 aliphatic rings. The van der Waals surface area contributed by atoms with E-state index in [0.29, 0.717) is 24.6 Å². The number of amides is 1. The number of hydrogen-bond acceptors (Lipinski definition) is 5. The smallest absolute Gasteiger partial charge is 0.387 e. The summed E-state index contributed by atoms with van der Waals surface area (Å²) < 4.78 is 40.1. The van der Waals surface area contributed by atoms with Gasteiger partial charge in [0.05, 0.1) is 37.8 Å². The summed E-state index contributed by atoms with van der Waals surface area (Å²) >= 11 is 0. The lowest BCUT2D eigenvalue weighted by Crippen LogP contribution is -2.32. The Morgan fingerprint density at radius 2 is 1.63 bits per heavy atom. The van der Waals surface area contributed by atoms with Gasteiger partial charge in [0.1, 0.15) is 17.3 Å². The molecule has 0 spiro atoms. The molecule has 2 aromatic heterocycles. The number of nitrogens with zero attached hydrogens (tertiary/aromatic N) is 1. The lowest BCUT2D eigenvalue weighted by atomic mass is 10.3. The van der Waals surface area contributed by atoms with Crippen LogP contribution in [0.2, 0.25) is 0 Å². The third kappa shape index (κ3) is 5.68. The van der Waals surface area contributed by atoms with Gasteiger partial charge in [-0.05, 0) is 36.4 Å². The maximum atomic E-state index is 12.5. The summed E-state index contributed by atoms with van der Waals surface area (Å²) in [6.45, 7) is -2.20. The fraction of sp³-hybridized carbons (Fsp3) is 0.211. The first kappa shape index (κ1) is 18.7. The molecule has 0 bridgehead atoms. The molecule has 142 valence electrons. The Hall–Kier alpha value is -3.13. The number of nitrogens with one attached hydrogen (secondary N) is 1. The number of alkyl halides is 2. The van der Waals surface area contributed by atoms with Gasteiger partial charge in [-0.15, -0.1) is 0 Å². The van der Waals surface area contributed by atoms with Crippen LogP contribution in [0.15, 0.2) is 69.9 Å². The van der Waals surface area contributed by atoms with E-state index < -0.39 is 6.61 Å². The van der Waals surface area contributed by atoms with Crippen molar-refractivity contribution in [1.82, 2.24) is 4.90 Å². The number of carbonyl (C=O) groups excluding carboxylic acids is 1. The lowest BCUT2D eigenvalue weighted by molar-refractivity contribution is -0.117. The molecule has 1 aromatic carbocycles. The van der Waals surface area contributed by atoms with Gasteiger partial charge in [0.25, 0.3) is 0 Å². The molecule has 0 aliphatic carbocycles. The highest BCUT2D eigenvalue weighted by molar-refractivity contribution is 5.93. The highest BCUT2D eigenvalue weighted by Gasteiger charge is 2.17. The van der Waals surface area contributed by atoms with Crippen LogP contribution in [0.5, 0.6) is 5.75 Å². The standard InChI is InChI=1S/C19H18F2N2O4/c20-19(21)27-17-8-2-1-7-16(17)22-18(24)13-23(11-14-5-3-9-25-14)12-15-6-4-10-26-15/h1-10,19H,11-13H2,(H,22,24). The molecule has 0 aliphatic heterocycles. The van der Waals surface area contributed by atoms with Gasteiger partial charge in [-0.1, -0.05) is 12.1 Å². The predicted molar refractivity (Wildman–Crippen MR) is 93.2 cm³/mol. The molecule has 0 atom stereocenters. The van der Waals surface area contributed by atoms with E-state index in [1.54, 1.807) is 48.9 Å². The quantitative estimate of drug-likeness (QED) is 0.609. The first-order valence-electron chi connectivity index (χ1n) is 8.21. The van der Waals surface area contributed by atoms with Crippen LogP contribution < -0.4 is 10.1 Å². The van der Waals surface area contributed by atoms with Crippen LogP contribution in [-0.2, 0) is 17.9 Å².